The van der Waals surface area contributed by atoms with Gasteiger partial charge in [-0.25, -0.2) is 4.79 Å². The van der Waals surface area contributed by atoms with Crippen LogP contribution in [-0.4, -0.2) is 42.0 Å². The molecule has 0 aliphatic rings. The van der Waals surface area contributed by atoms with Crippen LogP contribution in [0.15, 0.2) is 103 Å². The average Bonchev–Trinajstić information content (AvgIpc) is 3.00. The third kappa shape index (κ3) is 7.85. The molecule has 2 N–H and O–H groups in total. The van der Waals surface area contributed by atoms with Gasteiger partial charge in [0.15, 0.2) is 5.78 Å². The Kier molecular flexibility index (Phi) is 10.5. The quantitative estimate of drug-likeness (QED) is 0.169. The van der Waals surface area contributed by atoms with Gasteiger partial charge in [0, 0.05) is 35.3 Å². The monoisotopic (exact) mass is 564 g/mol. The lowest BCUT2D eigenvalue weighted by atomic mass is 10.00. The number of carbonyl (C=O) groups excluding carboxylic acids is 2. The second-order valence-corrected chi connectivity index (χ2v) is 10.1. The Morgan fingerprint density at radius 2 is 1.52 bits per heavy atom. The molecule has 4 aromatic carbocycles. The molecule has 4 rings (SSSR count). The van der Waals surface area contributed by atoms with Crippen molar-refractivity contribution in [3.8, 4) is 5.75 Å². The summed E-state index contributed by atoms with van der Waals surface area (Å²) in [6, 6.07) is 30.0. The fourth-order valence-electron chi connectivity index (χ4n) is 4.75. The first kappa shape index (κ1) is 30.1. The van der Waals surface area contributed by atoms with Gasteiger partial charge >= 0.3 is 5.97 Å². The number of anilines is 2. The molecule has 0 aliphatic heterocycles. The lowest BCUT2D eigenvalue weighted by molar-refractivity contribution is -0.137. The van der Waals surface area contributed by atoms with Crippen molar-refractivity contribution in [3.05, 3.63) is 125 Å². The number of ketones is 1. The van der Waals surface area contributed by atoms with E-state index in [1.165, 1.54) is 0 Å². The normalized spacial score (nSPS) is 11.4. The predicted octanol–water partition coefficient (Wildman–Crippen LogP) is 6.55. The van der Waals surface area contributed by atoms with Crippen LogP contribution in [0.1, 0.15) is 46.8 Å². The number of aliphatic carboxylic acids is 1. The zero-order chi connectivity index (χ0) is 29.9. The Morgan fingerprint density at radius 1 is 0.857 bits per heavy atom. The van der Waals surface area contributed by atoms with Gasteiger partial charge in [0.1, 0.15) is 18.4 Å². The van der Waals surface area contributed by atoms with E-state index in [1.807, 2.05) is 56.3 Å². The van der Waals surface area contributed by atoms with E-state index in [4.69, 9.17) is 4.74 Å². The number of nitrogens with zero attached hydrogens (tertiary/aromatic N) is 1. The molecular formula is C35H36N2O5. The predicted molar refractivity (Wildman–Crippen MR) is 165 cm³/mol. The number of nitrogens with one attached hydrogen (secondary N) is 1. The molecule has 42 heavy (non-hydrogen) atoms. The summed E-state index contributed by atoms with van der Waals surface area (Å²) in [4.78, 5) is 39.8. The van der Waals surface area contributed by atoms with Gasteiger partial charge in [-0.3, -0.25) is 9.59 Å². The summed E-state index contributed by atoms with van der Waals surface area (Å²) in [5, 5.41) is 13.0. The summed E-state index contributed by atoms with van der Waals surface area (Å²) in [6.07, 6.45) is 1.44. The Hall–Kier alpha value is -4.91. The molecule has 7 heteroatoms. The van der Waals surface area contributed by atoms with Crippen molar-refractivity contribution >= 4 is 29.0 Å². The molecule has 216 valence electrons. The summed E-state index contributed by atoms with van der Waals surface area (Å²) >= 11 is 0. The fraction of sp³-hybridized carbons (Fsp3) is 0.229. The van der Waals surface area contributed by atoms with Gasteiger partial charge in [0.05, 0.1) is 6.54 Å². The van der Waals surface area contributed by atoms with Crippen LogP contribution in [0.4, 0.5) is 11.4 Å². The van der Waals surface area contributed by atoms with E-state index in [0.717, 1.165) is 23.2 Å². The number of para-hydroxylation sites is 2. The van der Waals surface area contributed by atoms with Crippen molar-refractivity contribution in [1.82, 2.24) is 0 Å². The smallest absolute Gasteiger partial charge is 0.326 e. The largest absolute Gasteiger partial charge is 0.492 e. The molecule has 0 heterocycles. The van der Waals surface area contributed by atoms with Crippen molar-refractivity contribution in [2.45, 2.75) is 39.2 Å². The Balaban J connectivity index is 1.39. The lowest BCUT2D eigenvalue weighted by Gasteiger charge is -2.24. The molecule has 0 aromatic heterocycles. The van der Waals surface area contributed by atoms with Crippen LogP contribution >= 0.6 is 0 Å². The fourth-order valence-corrected chi connectivity index (χ4v) is 4.75. The van der Waals surface area contributed by atoms with Gasteiger partial charge in [-0.05, 0) is 54.8 Å². The number of ether oxygens (including phenoxy) is 1. The summed E-state index contributed by atoms with van der Waals surface area (Å²) in [5.74, 6) is -0.512. The molecule has 0 aliphatic carbocycles. The Bertz CT molecular complexity index is 1500. The first-order valence-corrected chi connectivity index (χ1v) is 14.1. The number of aryl methyl sites for hydroxylation is 1. The van der Waals surface area contributed by atoms with Crippen LogP contribution in [0.2, 0.25) is 0 Å². The highest BCUT2D eigenvalue weighted by Gasteiger charge is 2.22. The Labute approximate surface area is 246 Å². The minimum absolute atomic E-state index is 0.0602. The molecule has 4 aromatic rings. The van der Waals surface area contributed by atoms with Gasteiger partial charge in [-0.2, -0.15) is 0 Å². The van der Waals surface area contributed by atoms with Gasteiger partial charge in [0.25, 0.3) is 0 Å². The first-order chi connectivity index (χ1) is 20.4. The standard InChI is InChI=1S/C35H36N2O5/c1-3-11-33(38)37(32-17-10-7-12-25(32)2)22-23-42-28-20-18-26(19-21-28)24-31(35(40)41)36-30-16-9-8-15-29(30)34(39)27-13-5-4-6-14-27/h4-10,12-21,31,36H,3,11,22-24H2,1-2H3,(H,40,41). The van der Waals surface area contributed by atoms with Crippen molar-refractivity contribution in [1.29, 1.82) is 0 Å². The van der Waals surface area contributed by atoms with E-state index < -0.39 is 12.0 Å². The van der Waals surface area contributed by atoms with Crippen molar-refractivity contribution in [2.75, 3.05) is 23.4 Å². The molecule has 7 nitrogen and oxygen atoms in total. The summed E-state index contributed by atoms with van der Waals surface area (Å²) in [6.45, 7) is 4.70. The maximum Gasteiger partial charge on any atom is 0.326 e. The molecule has 1 unspecified atom stereocenters. The number of amides is 1. The summed E-state index contributed by atoms with van der Waals surface area (Å²) in [5.41, 5.74) is 4.12. The maximum absolute atomic E-state index is 13.1. The van der Waals surface area contributed by atoms with Crippen LogP contribution in [0.3, 0.4) is 0 Å². The van der Waals surface area contributed by atoms with Crippen molar-refractivity contribution in [3.63, 3.8) is 0 Å². The second kappa shape index (κ2) is 14.6. The van der Waals surface area contributed by atoms with Crippen LogP contribution in [0, 0.1) is 6.92 Å². The number of carbonyl (C=O) groups is 3. The van der Waals surface area contributed by atoms with Crippen molar-refractivity contribution in [2.24, 2.45) is 0 Å². The van der Waals surface area contributed by atoms with Crippen LogP contribution < -0.4 is 15.0 Å². The number of hydrogen-bond donors (Lipinski definition) is 2. The Morgan fingerprint density at radius 3 is 2.21 bits per heavy atom. The molecule has 0 bridgehead atoms. The summed E-state index contributed by atoms with van der Waals surface area (Å²) < 4.78 is 5.95. The number of rotatable bonds is 14. The van der Waals surface area contributed by atoms with Gasteiger partial charge in [-0.15, -0.1) is 0 Å². The van der Waals surface area contributed by atoms with E-state index in [1.54, 1.807) is 65.6 Å². The third-order valence-electron chi connectivity index (χ3n) is 6.95. The zero-order valence-corrected chi connectivity index (χ0v) is 24.0. The number of hydrogen-bond acceptors (Lipinski definition) is 5. The molecule has 0 fully saturated rings. The SMILES string of the molecule is CCCC(=O)N(CCOc1ccc(CC(Nc2ccccc2C(=O)c2ccccc2)C(=O)O)cc1)c1ccccc1C. The molecule has 0 saturated carbocycles. The van der Waals surface area contributed by atoms with Gasteiger partial charge < -0.3 is 20.1 Å². The number of carboxylic acid groups (broad SMARTS) is 1. The zero-order valence-electron chi connectivity index (χ0n) is 24.0. The highest BCUT2D eigenvalue weighted by molar-refractivity contribution is 6.12. The highest BCUT2D eigenvalue weighted by atomic mass is 16.5. The average molecular weight is 565 g/mol. The number of carboxylic acids is 1. The minimum Gasteiger partial charge on any atom is -0.492 e. The third-order valence-corrected chi connectivity index (χ3v) is 6.95. The highest BCUT2D eigenvalue weighted by Crippen LogP contribution is 2.23. The second-order valence-electron chi connectivity index (χ2n) is 10.1. The van der Waals surface area contributed by atoms with Gasteiger partial charge in [-0.1, -0.05) is 79.7 Å². The first-order valence-electron chi connectivity index (χ1n) is 14.1. The van der Waals surface area contributed by atoms with Crippen LogP contribution in [0.25, 0.3) is 0 Å². The van der Waals surface area contributed by atoms with E-state index >= 15 is 0 Å². The molecule has 0 radical (unpaired) electrons. The van der Waals surface area contributed by atoms with E-state index in [0.29, 0.717) is 42.1 Å². The van der Waals surface area contributed by atoms with E-state index in [-0.39, 0.29) is 18.1 Å². The number of benzene rings is 4. The summed E-state index contributed by atoms with van der Waals surface area (Å²) in [7, 11) is 0. The van der Waals surface area contributed by atoms with Crippen LogP contribution in [-0.2, 0) is 16.0 Å². The lowest BCUT2D eigenvalue weighted by Crippen LogP contribution is -2.35. The maximum atomic E-state index is 13.1. The molecule has 1 atom stereocenters. The molecule has 1 amide bonds. The molecule has 0 spiro atoms. The molecule has 0 saturated heterocycles. The van der Waals surface area contributed by atoms with E-state index in [9.17, 15) is 19.5 Å². The topological polar surface area (TPSA) is 95.9 Å². The van der Waals surface area contributed by atoms with Crippen molar-refractivity contribution < 1.29 is 24.2 Å². The van der Waals surface area contributed by atoms with E-state index in [2.05, 4.69) is 5.32 Å². The van der Waals surface area contributed by atoms with Gasteiger partial charge in [0.2, 0.25) is 5.91 Å². The molecular weight excluding hydrogens is 528 g/mol. The minimum atomic E-state index is -1.02. The van der Waals surface area contributed by atoms with Crippen LogP contribution in [0.5, 0.6) is 5.75 Å².